The first-order valence-corrected chi connectivity index (χ1v) is 7.00. The van der Waals surface area contributed by atoms with Gasteiger partial charge in [0.05, 0.1) is 14.2 Å². The smallest absolute Gasteiger partial charge is 0.161 e. The van der Waals surface area contributed by atoms with Gasteiger partial charge >= 0.3 is 0 Å². The molecule has 0 aliphatic rings. The Kier molecular flexibility index (Phi) is 4.98. The van der Waals surface area contributed by atoms with Crippen LogP contribution in [0, 0.1) is 6.92 Å². The number of nitrogens with zero attached hydrogens (tertiary/aromatic N) is 2. The second-order valence-corrected chi connectivity index (χ2v) is 4.71. The van der Waals surface area contributed by atoms with E-state index in [4.69, 9.17) is 9.47 Å². The summed E-state index contributed by atoms with van der Waals surface area (Å²) in [5, 5.41) is 3.29. The molecule has 0 spiro atoms. The molecular weight excluding hydrogens is 266 g/mol. The fourth-order valence-electron chi connectivity index (χ4n) is 2.02. The Morgan fingerprint density at radius 1 is 1.05 bits per heavy atom. The average molecular weight is 287 g/mol. The molecule has 2 aromatic rings. The maximum atomic E-state index is 5.33. The summed E-state index contributed by atoms with van der Waals surface area (Å²) in [6.45, 7) is 4.97. The van der Waals surface area contributed by atoms with E-state index in [2.05, 4.69) is 22.2 Å². The van der Waals surface area contributed by atoms with Crippen molar-refractivity contribution in [3.63, 3.8) is 0 Å². The maximum Gasteiger partial charge on any atom is 0.161 e. The van der Waals surface area contributed by atoms with E-state index in [0.717, 1.165) is 30.0 Å². The minimum atomic E-state index is 0.670. The summed E-state index contributed by atoms with van der Waals surface area (Å²) in [6.07, 6.45) is 1.05. The third kappa shape index (κ3) is 3.62. The van der Waals surface area contributed by atoms with E-state index in [1.165, 1.54) is 0 Å². The van der Waals surface area contributed by atoms with Gasteiger partial charge in [0, 0.05) is 23.9 Å². The van der Waals surface area contributed by atoms with E-state index < -0.39 is 0 Å². The standard InChI is InChI=1S/C16H21N3O2/c1-5-8-17-15-9-11(2)18-16(19-15)12-6-7-13(20-3)14(10-12)21-4/h6-7,9-10H,5,8H2,1-4H3,(H,17,18,19). The number of nitrogens with one attached hydrogen (secondary N) is 1. The molecule has 1 N–H and O–H groups in total. The number of benzene rings is 1. The highest BCUT2D eigenvalue weighted by molar-refractivity contribution is 5.62. The minimum absolute atomic E-state index is 0.670. The molecule has 1 aromatic heterocycles. The summed E-state index contributed by atoms with van der Waals surface area (Å²) in [6, 6.07) is 7.62. The van der Waals surface area contributed by atoms with Crippen LogP contribution in [0.3, 0.4) is 0 Å². The van der Waals surface area contributed by atoms with Crippen molar-refractivity contribution in [2.75, 3.05) is 26.1 Å². The maximum absolute atomic E-state index is 5.33. The molecule has 0 radical (unpaired) electrons. The number of ether oxygens (including phenoxy) is 2. The Morgan fingerprint density at radius 3 is 2.48 bits per heavy atom. The van der Waals surface area contributed by atoms with Crippen LogP contribution in [-0.4, -0.2) is 30.7 Å². The summed E-state index contributed by atoms with van der Waals surface area (Å²) >= 11 is 0. The van der Waals surface area contributed by atoms with Gasteiger partial charge in [0.1, 0.15) is 5.82 Å². The Labute approximate surface area is 125 Å². The van der Waals surface area contributed by atoms with Crippen LogP contribution >= 0.6 is 0 Å². The van der Waals surface area contributed by atoms with E-state index in [-0.39, 0.29) is 0 Å². The van der Waals surface area contributed by atoms with Crippen molar-refractivity contribution in [2.45, 2.75) is 20.3 Å². The highest BCUT2D eigenvalue weighted by Gasteiger charge is 2.09. The normalized spacial score (nSPS) is 10.3. The average Bonchev–Trinajstić information content (AvgIpc) is 2.51. The number of aryl methyl sites for hydroxylation is 1. The lowest BCUT2D eigenvalue weighted by Crippen LogP contribution is -2.04. The predicted molar refractivity (Wildman–Crippen MR) is 84.1 cm³/mol. The number of hydrogen-bond donors (Lipinski definition) is 1. The van der Waals surface area contributed by atoms with E-state index in [9.17, 15) is 0 Å². The lowest BCUT2D eigenvalue weighted by molar-refractivity contribution is 0.355. The summed E-state index contributed by atoms with van der Waals surface area (Å²) < 4.78 is 10.6. The fourth-order valence-corrected chi connectivity index (χ4v) is 2.02. The highest BCUT2D eigenvalue weighted by Crippen LogP contribution is 2.31. The molecule has 5 nitrogen and oxygen atoms in total. The molecule has 1 aromatic carbocycles. The zero-order chi connectivity index (χ0) is 15.2. The quantitative estimate of drug-likeness (QED) is 0.883. The Balaban J connectivity index is 2.39. The van der Waals surface area contributed by atoms with Gasteiger partial charge in [0.15, 0.2) is 17.3 Å². The summed E-state index contributed by atoms with van der Waals surface area (Å²) in [5.74, 6) is 2.88. The molecule has 0 unspecified atom stereocenters. The third-order valence-corrected chi connectivity index (χ3v) is 3.05. The first-order chi connectivity index (χ1) is 10.2. The number of anilines is 1. The van der Waals surface area contributed by atoms with Crippen molar-refractivity contribution in [3.8, 4) is 22.9 Å². The SMILES string of the molecule is CCCNc1cc(C)nc(-c2ccc(OC)c(OC)c2)n1. The molecule has 1 heterocycles. The lowest BCUT2D eigenvalue weighted by Gasteiger charge is -2.11. The number of aromatic nitrogens is 2. The van der Waals surface area contributed by atoms with Crippen LogP contribution in [0.5, 0.6) is 11.5 Å². The predicted octanol–water partition coefficient (Wildman–Crippen LogP) is 3.29. The zero-order valence-electron chi connectivity index (χ0n) is 12.9. The van der Waals surface area contributed by atoms with E-state index in [1.54, 1.807) is 14.2 Å². The molecule has 21 heavy (non-hydrogen) atoms. The topological polar surface area (TPSA) is 56.3 Å². The van der Waals surface area contributed by atoms with Gasteiger partial charge in [-0.05, 0) is 31.5 Å². The van der Waals surface area contributed by atoms with Gasteiger partial charge in [0.2, 0.25) is 0 Å². The van der Waals surface area contributed by atoms with Crippen molar-refractivity contribution in [1.82, 2.24) is 9.97 Å². The molecule has 0 fully saturated rings. The molecule has 2 rings (SSSR count). The van der Waals surface area contributed by atoms with Gasteiger partial charge in [-0.1, -0.05) is 6.92 Å². The monoisotopic (exact) mass is 287 g/mol. The third-order valence-electron chi connectivity index (χ3n) is 3.05. The molecule has 0 saturated heterocycles. The van der Waals surface area contributed by atoms with Gasteiger partial charge in [-0.15, -0.1) is 0 Å². The Hall–Kier alpha value is -2.30. The molecule has 5 heteroatoms. The van der Waals surface area contributed by atoms with Crippen molar-refractivity contribution < 1.29 is 9.47 Å². The second kappa shape index (κ2) is 6.92. The largest absolute Gasteiger partial charge is 0.493 e. The molecule has 0 aliphatic carbocycles. The summed E-state index contributed by atoms with van der Waals surface area (Å²) in [4.78, 5) is 9.05. The van der Waals surface area contributed by atoms with Gasteiger partial charge in [-0.25, -0.2) is 9.97 Å². The molecule has 112 valence electrons. The van der Waals surface area contributed by atoms with Crippen LogP contribution in [0.2, 0.25) is 0 Å². The van der Waals surface area contributed by atoms with Crippen LogP contribution in [0.15, 0.2) is 24.3 Å². The van der Waals surface area contributed by atoms with Crippen LogP contribution in [0.1, 0.15) is 19.0 Å². The molecular formula is C16H21N3O2. The van der Waals surface area contributed by atoms with Crippen molar-refractivity contribution in [3.05, 3.63) is 30.0 Å². The molecule has 0 aliphatic heterocycles. The molecule has 0 saturated carbocycles. The highest BCUT2D eigenvalue weighted by atomic mass is 16.5. The van der Waals surface area contributed by atoms with Crippen LogP contribution in [0.4, 0.5) is 5.82 Å². The van der Waals surface area contributed by atoms with Gasteiger partial charge in [-0.3, -0.25) is 0 Å². The number of methoxy groups -OCH3 is 2. The summed E-state index contributed by atoms with van der Waals surface area (Å²) in [5.41, 5.74) is 1.82. The van der Waals surface area contributed by atoms with Gasteiger partial charge in [0.25, 0.3) is 0 Å². The van der Waals surface area contributed by atoms with Crippen molar-refractivity contribution in [2.24, 2.45) is 0 Å². The zero-order valence-corrected chi connectivity index (χ0v) is 12.9. The fraction of sp³-hybridized carbons (Fsp3) is 0.375. The number of hydrogen-bond acceptors (Lipinski definition) is 5. The lowest BCUT2D eigenvalue weighted by atomic mass is 10.2. The first kappa shape index (κ1) is 15.1. The van der Waals surface area contributed by atoms with Crippen LogP contribution in [-0.2, 0) is 0 Å². The van der Waals surface area contributed by atoms with E-state index >= 15 is 0 Å². The summed E-state index contributed by atoms with van der Waals surface area (Å²) in [7, 11) is 3.24. The molecule has 0 atom stereocenters. The molecule has 0 amide bonds. The minimum Gasteiger partial charge on any atom is -0.493 e. The first-order valence-electron chi connectivity index (χ1n) is 7.00. The van der Waals surface area contributed by atoms with Gasteiger partial charge < -0.3 is 14.8 Å². The second-order valence-electron chi connectivity index (χ2n) is 4.71. The Morgan fingerprint density at radius 2 is 1.81 bits per heavy atom. The van der Waals surface area contributed by atoms with Crippen LogP contribution in [0.25, 0.3) is 11.4 Å². The van der Waals surface area contributed by atoms with Crippen LogP contribution < -0.4 is 14.8 Å². The number of rotatable bonds is 6. The van der Waals surface area contributed by atoms with Crippen molar-refractivity contribution in [1.29, 1.82) is 0 Å². The van der Waals surface area contributed by atoms with Crippen molar-refractivity contribution >= 4 is 5.82 Å². The Bertz CT molecular complexity index is 614. The molecule has 0 bridgehead atoms. The van der Waals surface area contributed by atoms with E-state index in [1.807, 2.05) is 31.2 Å². The van der Waals surface area contributed by atoms with E-state index in [0.29, 0.717) is 17.3 Å². The van der Waals surface area contributed by atoms with Gasteiger partial charge in [-0.2, -0.15) is 0 Å².